The largest absolute Gasteiger partial charge is 0.478 e. The lowest BCUT2D eigenvalue weighted by molar-refractivity contribution is -0.399. The number of aryl methyl sites for hydroxylation is 1. The normalized spacial score (nSPS) is 10.3. The predicted molar refractivity (Wildman–Crippen MR) is 77.6 cm³/mol. The van der Waals surface area contributed by atoms with Gasteiger partial charge in [0.05, 0.1) is 15.4 Å². The first-order chi connectivity index (χ1) is 10.8. The minimum Gasteiger partial charge on any atom is -0.478 e. The maximum absolute atomic E-state index is 11.2. The molecule has 0 saturated heterocycles. The van der Waals surface area contributed by atoms with Crippen LogP contribution in [0.25, 0.3) is 0 Å². The topological polar surface area (TPSA) is 149 Å². The van der Waals surface area contributed by atoms with Crippen molar-refractivity contribution in [3.8, 4) is 0 Å². The van der Waals surface area contributed by atoms with Gasteiger partial charge in [-0.3, -0.25) is 20.2 Å². The van der Waals surface area contributed by atoms with Gasteiger partial charge in [0, 0.05) is 24.0 Å². The molecule has 1 aromatic carbocycles. The van der Waals surface area contributed by atoms with Gasteiger partial charge in [0.25, 0.3) is 11.4 Å². The van der Waals surface area contributed by atoms with Crippen molar-refractivity contribution in [1.29, 1.82) is 0 Å². The Bertz CT molecular complexity index is 790. The van der Waals surface area contributed by atoms with Gasteiger partial charge in [0.2, 0.25) is 0 Å². The van der Waals surface area contributed by atoms with Gasteiger partial charge in [0.15, 0.2) is 10.1 Å². The first-order valence-electron chi connectivity index (χ1n) is 5.97. The minimum absolute atomic E-state index is 0.0827. The molecule has 1 N–H and O–H groups in total. The van der Waals surface area contributed by atoms with Crippen molar-refractivity contribution in [1.82, 2.24) is 9.97 Å². The fourth-order valence-corrected chi connectivity index (χ4v) is 2.63. The van der Waals surface area contributed by atoms with Crippen LogP contribution < -0.4 is 0 Å². The SMILES string of the molecule is Cc1ccnc(Sc2c([N+](=O)[O-])cc(C(=O)O)cc2[N+](=O)[O-])n1. The van der Waals surface area contributed by atoms with Crippen LogP contribution in [0, 0.1) is 27.2 Å². The van der Waals surface area contributed by atoms with E-state index in [1.165, 1.54) is 6.20 Å². The van der Waals surface area contributed by atoms with E-state index in [-0.39, 0.29) is 10.1 Å². The van der Waals surface area contributed by atoms with Crippen molar-refractivity contribution in [2.24, 2.45) is 0 Å². The van der Waals surface area contributed by atoms with Gasteiger partial charge in [-0.15, -0.1) is 0 Å². The highest BCUT2D eigenvalue weighted by Crippen LogP contribution is 2.41. The highest BCUT2D eigenvalue weighted by atomic mass is 32.2. The van der Waals surface area contributed by atoms with Crippen molar-refractivity contribution < 1.29 is 19.7 Å². The number of aromatic nitrogens is 2. The first kappa shape index (κ1) is 16.3. The number of carboxylic acid groups (broad SMARTS) is 1. The number of carboxylic acids is 1. The van der Waals surface area contributed by atoms with E-state index in [0.717, 1.165) is 12.1 Å². The number of hydrogen-bond acceptors (Lipinski definition) is 8. The van der Waals surface area contributed by atoms with Gasteiger partial charge in [-0.2, -0.15) is 0 Å². The van der Waals surface area contributed by atoms with E-state index in [9.17, 15) is 25.0 Å². The van der Waals surface area contributed by atoms with E-state index in [2.05, 4.69) is 9.97 Å². The molecule has 0 aliphatic rings. The number of hydrogen-bond donors (Lipinski definition) is 1. The summed E-state index contributed by atoms with van der Waals surface area (Å²) in [6.45, 7) is 1.67. The molecule has 0 bridgehead atoms. The Morgan fingerprint density at radius 3 is 2.22 bits per heavy atom. The lowest BCUT2D eigenvalue weighted by Gasteiger charge is -2.05. The maximum Gasteiger partial charge on any atom is 0.336 e. The van der Waals surface area contributed by atoms with Crippen molar-refractivity contribution in [2.75, 3.05) is 0 Å². The van der Waals surface area contributed by atoms with Crippen LogP contribution in [-0.2, 0) is 0 Å². The van der Waals surface area contributed by atoms with Gasteiger partial charge in [-0.1, -0.05) is 0 Å². The van der Waals surface area contributed by atoms with Crippen LogP contribution in [0.2, 0.25) is 0 Å². The first-order valence-corrected chi connectivity index (χ1v) is 6.79. The van der Waals surface area contributed by atoms with Crippen LogP contribution >= 0.6 is 11.8 Å². The molecule has 11 heteroatoms. The molecular weight excluding hydrogens is 328 g/mol. The highest BCUT2D eigenvalue weighted by Gasteiger charge is 2.30. The summed E-state index contributed by atoms with van der Waals surface area (Å²) in [6, 6.07) is 3.14. The summed E-state index contributed by atoms with van der Waals surface area (Å²) in [5, 5.41) is 31.3. The molecule has 23 heavy (non-hydrogen) atoms. The number of carbonyl (C=O) groups is 1. The second-order valence-corrected chi connectivity index (χ2v) is 5.22. The molecule has 1 aromatic heterocycles. The Morgan fingerprint density at radius 2 is 1.78 bits per heavy atom. The Morgan fingerprint density at radius 1 is 1.22 bits per heavy atom. The van der Waals surface area contributed by atoms with Crippen LogP contribution in [0.5, 0.6) is 0 Å². The lowest BCUT2D eigenvalue weighted by Crippen LogP contribution is -2.03. The molecule has 1 heterocycles. The van der Waals surface area contributed by atoms with Crippen LogP contribution in [0.1, 0.15) is 16.1 Å². The molecule has 0 saturated carbocycles. The molecule has 0 radical (unpaired) electrons. The fourth-order valence-electron chi connectivity index (χ4n) is 1.66. The van der Waals surface area contributed by atoms with E-state index in [1.807, 2.05) is 0 Å². The molecular formula is C12H8N4O6S. The third kappa shape index (κ3) is 3.58. The number of nitro benzene ring substituents is 2. The van der Waals surface area contributed by atoms with Gasteiger partial charge in [-0.05, 0) is 24.8 Å². The number of nitro groups is 2. The molecule has 0 spiro atoms. The van der Waals surface area contributed by atoms with E-state index in [4.69, 9.17) is 5.11 Å². The van der Waals surface area contributed by atoms with Crippen LogP contribution in [0.3, 0.4) is 0 Å². The number of aromatic carboxylic acids is 1. The molecule has 10 nitrogen and oxygen atoms in total. The molecule has 2 aromatic rings. The molecule has 0 fully saturated rings. The monoisotopic (exact) mass is 336 g/mol. The lowest BCUT2D eigenvalue weighted by atomic mass is 10.2. The van der Waals surface area contributed by atoms with Crippen molar-refractivity contribution in [2.45, 2.75) is 17.0 Å². The van der Waals surface area contributed by atoms with E-state index in [0.29, 0.717) is 17.5 Å². The standard InChI is InChI=1S/C12H8N4O6S/c1-6-2-3-13-12(14-6)23-10-8(15(19)20)4-7(11(17)18)5-9(10)16(21)22/h2-5H,1H3,(H,17,18). The average Bonchev–Trinajstić information content (AvgIpc) is 2.46. The zero-order chi connectivity index (χ0) is 17.1. The van der Waals surface area contributed by atoms with E-state index >= 15 is 0 Å². The van der Waals surface area contributed by atoms with Gasteiger partial charge >= 0.3 is 5.97 Å². The molecule has 0 amide bonds. The number of rotatable bonds is 5. The Labute approximate surface area is 132 Å². The zero-order valence-electron chi connectivity index (χ0n) is 11.5. The molecule has 0 unspecified atom stereocenters. The molecule has 2 rings (SSSR count). The van der Waals surface area contributed by atoms with Gasteiger partial charge in [-0.25, -0.2) is 14.8 Å². The summed E-state index contributed by atoms with van der Waals surface area (Å²) in [5.41, 5.74) is -1.34. The Balaban J connectivity index is 2.66. The number of benzene rings is 1. The van der Waals surface area contributed by atoms with Crippen LogP contribution in [-0.4, -0.2) is 30.9 Å². The van der Waals surface area contributed by atoms with Crippen LogP contribution in [0.4, 0.5) is 11.4 Å². The minimum atomic E-state index is -1.50. The summed E-state index contributed by atoms with van der Waals surface area (Å²) in [7, 11) is 0. The van der Waals surface area contributed by atoms with Crippen molar-refractivity contribution in [3.63, 3.8) is 0 Å². The maximum atomic E-state index is 11.2. The van der Waals surface area contributed by atoms with E-state index in [1.54, 1.807) is 13.0 Å². The van der Waals surface area contributed by atoms with E-state index < -0.39 is 32.8 Å². The second-order valence-electron chi connectivity index (χ2n) is 4.25. The van der Waals surface area contributed by atoms with Crippen LogP contribution in [0.15, 0.2) is 34.4 Å². The van der Waals surface area contributed by atoms with Crippen molar-refractivity contribution >= 4 is 29.1 Å². The summed E-state index contributed by atoms with van der Waals surface area (Å²) in [5.74, 6) is -1.50. The van der Waals surface area contributed by atoms with Gasteiger partial charge in [0.1, 0.15) is 0 Å². The molecule has 0 aliphatic heterocycles. The predicted octanol–water partition coefficient (Wildman–Crippen LogP) is 2.45. The fraction of sp³-hybridized carbons (Fsp3) is 0.0833. The highest BCUT2D eigenvalue weighted by molar-refractivity contribution is 7.99. The summed E-state index contributed by atoms with van der Waals surface area (Å²) in [4.78, 5) is 39.1. The summed E-state index contributed by atoms with van der Waals surface area (Å²) >= 11 is 0.634. The third-order valence-electron chi connectivity index (χ3n) is 2.66. The van der Waals surface area contributed by atoms with Gasteiger partial charge < -0.3 is 5.11 Å². The quantitative estimate of drug-likeness (QED) is 0.493. The zero-order valence-corrected chi connectivity index (χ0v) is 12.3. The van der Waals surface area contributed by atoms with Crippen molar-refractivity contribution in [3.05, 3.63) is 55.9 Å². The summed E-state index contributed by atoms with van der Waals surface area (Å²) in [6.07, 6.45) is 1.41. The third-order valence-corrected chi connectivity index (χ3v) is 3.66. The number of nitrogens with zero attached hydrogens (tertiary/aromatic N) is 4. The molecule has 0 aliphatic carbocycles. The Hall–Kier alpha value is -3.08. The molecule has 118 valence electrons. The summed E-state index contributed by atoms with van der Waals surface area (Å²) < 4.78 is 0. The second kappa shape index (κ2) is 6.36. The Kier molecular flexibility index (Phi) is 4.50. The smallest absolute Gasteiger partial charge is 0.336 e. The average molecular weight is 336 g/mol. The molecule has 0 atom stereocenters.